The number of hydrogen-bond donors (Lipinski definition) is 0. The van der Waals surface area contributed by atoms with E-state index in [-0.39, 0.29) is 18.4 Å². The van der Waals surface area contributed by atoms with E-state index < -0.39 is 0 Å². The van der Waals surface area contributed by atoms with Crippen molar-refractivity contribution in [2.45, 2.75) is 12.5 Å². The van der Waals surface area contributed by atoms with Crippen molar-refractivity contribution in [2.75, 3.05) is 19.8 Å². The van der Waals surface area contributed by atoms with E-state index in [4.69, 9.17) is 4.74 Å². The minimum absolute atomic E-state index is 0.0588. The van der Waals surface area contributed by atoms with Crippen molar-refractivity contribution in [3.63, 3.8) is 0 Å². The highest BCUT2D eigenvalue weighted by atomic mass is 79.9. The molecular weight excluding hydrogens is 342 g/mol. The molecule has 0 N–H and O–H groups in total. The normalized spacial score (nSPS) is 19.0. The van der Waals surface area contributed by atoms with Crippen LogP contribution in [0.1, 0.15) is 17.0 Å². The number of amides is 1. The van der Waals surface area contributed by atoms with Gasteiger partial charge in [-0.3, -0.25) is 4.79 Å². The van der Waals surface area contributed by atoms with Crippen molar-refractivity contribution in [1.82, 2.24) is 4.90 Å². The molecule has 4 heteroatoms. The second-order valence-electron chi connectivity index (χ2n) is 5.52. The van der Waals surface area contributed by atoms with E-state index in [0.717, 1.165) is 10.0 Å². The lowest BCUT2D eigenvalue weighted by molar-refractivity contribution is -0.134. The summed E-state index contributed by atoms with van der Waals surface area (Å²) in [5, 5.41) is 0. The molecule has 114 valence electrons. The average molecular weight is 360 g/mol. The molecule has 1 unspecified atom stereocenters. The molecule has 0 radical (unpaired) electrons. The summed E-state index contributed by atoms with van der Waals surface area (Å²) in [7, 11) is 0. The van der Waals surface area contributed by atoms with Gasteiger partial charge in [-0.15, -0.1) is 0 Å². The van der Waals surface area contributed by atoms with Crippen LogP contribution in [-0.4, -0.2) is 30.6 Å². The van der Waals surface area contributed by atoms with E-state index in [0.29, 0.717) is 19.7 Å². The number of nitrogens with zero attached hydrogens (tertiary/aromatic N) is 1. The van der Waals surface area contributed by atoms with Crippen LogP contribution < -0.4 is 0 Å². The molecule has 1 amide bonds. The first-order chi connectivity index (χ1) is 10.7. The van der Waals surface area contributed by atoms with Gasteiger partial charge in [-0.1, -0.05) is 58.4 Å². The Labute approximate surface area is 139 Å². The van der Waals surface area contributed by atoms with Gasteiger partial charge in [0.15, 0.2) is 0 Å². The first-order valence-corrected chi connectivity index (χ1v) is 8.16. The summed E-state index contributed by atoms with van der Waals surface area (Å²) in [4.78, 5) is 14.1. The summed E-state index contributed by atoms with van der Waals surface area (Å²) in [6.07, 6.45) is 0. The van der Waals surface area contributed by atoms with Crippen LogP contribution in [0.15, 0.2) is 59.1 Å². The van der Waals surface area contributed by atoms with Crippen LogP contribution >= 0.6 is 15.9 Å². The molecule has 1 atom stereocenters. The molecule has 1 fully saturated rings. The van der Waals surface area contributed by atoms with Crippen molar-refractivity contribution in [2.24, 2.45) is 0 Å². The third-order valence-corrected chi connectivity index (χ3v) is 4.42. The van der Waals surface area contributed by atoms with Crippen LogP contribution in [0.3, 0.4) is 0 Å². The van der Waals surface area contributed by atoms with Crippen LogP contribution in [0, 0.1) is 0 Å². The fraction of sp³-hybridized carbons (Fsp3) is 0.278. The molecule has 0 spiro atoms. The van der Waals surface area contributed by atoms with E-state index in [2.05, 4.69) is 28.1 Å². The molecule has 3 nitrogen and oxygen atoms in total. The number of ether oxygens (including phenoxy) is 1. The van der Waals surface area contributed by atoms with Crippen LogP contribution in [0.5, 0.6) is 0 Å². The van der Waals surface area contributed by atoms with Gasteiger partial charge in [0.25, 0.3) is 0 Å². The zero-order chi connectivity index (χ0) is 15.4. The Morgan fingerprint density at radius 1 is 1.09 bits per heavy atom. The predicted molar refractivity (Wildman–Crippen MR) is 89.6 cm³/mol. The van der Waals surface area contributed by atoms with Gasteiger partial charge in [-0.05, 0) is 23.3 Å². The van der Waals surface area contributed by atoms with Gasteiger partial charge in [0.2, 0.25) is 5.91 Å². The molecule has 0 aromatic heterocycles. The van der Waals surface area contributed by atoms with Crippen LogP contribution in [-0.2, 0) is 16.1 Å². The Morgan fingerprint density at radius 2 is 1.82 bits per heavy atom. The lowest BCUT2D eigenvalue weighted by Gasteiger charge is -2.24. The number of hydrogen-bond acceptors (Lipinski definition) is 2. The summed E-state index contributed by atoms with van der Waals surface area (Å²) in [6.45, 7) is 2.07. The number of halogens is 1. The van der Waals surface area contributed by atoms with Crippen molar-refractivity contribution in [3.05, 3.63) is 70.2 Å². The SMILES string of the molecule is O=C1COCC(c2ccc(Br)cc2)CN1Cc1ccccc1. The van der Waals surface area contributed by atoms with Crippen molar-refractivity contribution < 1.29 is 9.53 Å². The van der Waals surface area contributed by atoms with Gasteiger partial charge in [0, 0.05) is 23.5 Å². The quantitative estimate of drug-likeness (QED) is 0.837. The Bertz CT molecular complexity index is 627. The second-order valence-corrected chi connectivity index (χ2v) is 6.44. The first kappa shape index (κ1) is 15.3. The maximum Gasteiger partial charge on any atom is 0.248 e. The summed E-state index contributed by atoms with van der Waals surface area (Å²) < 4.78 is 6.63. The van der Waals surface area contributed by atoms with Crippen LogP contribution in [0.25, 0.3) is 0 Å². The topological polar surface area (TPSA) is 29.5 Å². The summed E-state index contributed by atoms with van der Waals surface area (Å²) in [6, 6.07) is 18.3. The predicted octanol–water partition coefficient (Wildman–Crippen LogP) is 3.59. The first-order valence-electron chi connectivity index (χ1n) is 7.37. The summed E-state index contributed by atoms with van der Waals surface area (Å²) in [5.74, 6) is 0.270. The van der Waals surface area contributed by atoms with Crippen LogP contribution in [0.4, 0.5) is 0 Å². The van der Waals surface area contributed by atoms with Gasteiger partial charge in [0.05, 0.1) is 6.61 Å². The molecule has 1 aliphatic rings. The maximum absolute atomic E-state index is 12.2. The molecule has 1 heterocycles. The molecule has 0 aliphatic carbocycles. The Balaban J connectivity index is 1.77. The second kappa shape index (κ2) is 7.07. The standard InChI is InChI=1S/C18H18BrNO2/c19-17-8-6-15(7-9-17)16-11-20(18(21)13-22-12-16)10-14-4-2-1-3-5-14/h1-9,16H,10-13H2. The van der Waals surface area contributed by atoms with E-state index in [1.165, 1.54) is 5.56 Å². The van der Waals surface area contributed by atoms with E-state index in [9.17, 15) is 4.79 Å². The largest absolute Gasteiger partial charge is 0.371 e. The molecule has 2 aromatic rings. The molecular formula is C18H18BrNO2. The van der Waals surface area contributed by atoms with Crippen molar-refractivity contribution >= 4 is 21.8 Å². The number of carbonyl (C=O) groups excluding carboxylic acids is 1. The van der Waals surface area contributed by atoms with Crippen LogP contribution in [0.2, 0.25) is 0 Å². The highest BCUT2D eigenvalue weighted by Crippen LogP contribution is 2.23. The molecule has 2 aromatic carbocycles. The third kappa shape index (κ3) is 3.76. The van der Waals surface area contributed by atoms with E-state index >= 15 is 0 Å². The average Bonchev–Trinajstić information content (AvgIpc) is 2.72. The van der Waals surface area contributed by atoms with Gasteiger partial charge in [-0.25, -0.2) is 0 Å². The number of benzene rings is 2. The molecule has 0 saturated carbocycles. The lowest BCUT2D eigenvalue weighted by atomic mass is 9.99. The summed E-state index contributed by atoms with van der Waals surface area (Å²) in [5.41, 5.74) is 2.35. The van der Waals surface area contributed by atoms with Gasteiger partial charge in [-0.2, -0.15) is 0 Å². The smallest absolute Gasteiger partial charge is 0.248 e. The van der Waals surface area contributed by atoms with Gasteiger partial charge < -0.3 is 9.64 Å². The molecule has 22 heavy (non-hydrogen) atoms. The zero-order valence-corrected chi connectivity index (χ0v) is 13.8. The third-order valence-electron chi connectivity index (χ3n) is 3.90. The van der Waals surface area contributed by atoms with E-state index in [1.54, 1.807) is 0 Å². The Hall–Kier alpha value is -1.65. The molecule has 1 aliphatic heterocycles. The minimum atomic E-state index is 0.0588. The molecule has 3 rings (SSSR count). The maximum atomic E-state index is 12.2. The van der Waals surface area contributed by atoms with Gasteiger partial charge >= 0.3 is 0 Å². The van der Waals surface area contributed by atoms with Crippen molar-refractivity contribution in [1.29, 1.82) is 0 Å². The lowest BCUT2D eigenvalue weighted by Crippen LogP contribution is -2.33. The minimum Gasteiger partial charge on any atom is -0.371 e. The fourth-order valence-corrected chi connectivity index (χ4v) is 2.96. The van der Waals surface area contributed by atoms with Crippen molar-refractivity contribution in [3.8, 4) is 0 Å². The van der Waals surface area contributed by atoms with E-state index in [1.807, 2.05) is 47.4 Å². The summed E-state index contributed by atoms with van der Waals surface area (Å²) >= 11 is 3.45. The number of carbonyl (C=O) groups is 1. The Morgan fingerprint density at radius 3 is 2.55 bits per heavy atom. The van der Waals surface area contributed by atoms with Gasteiger partial charge in [0.1, 0.15) is 6.61 Å². The molecule has 1 saturated heterocycles. The Kier molecular flexibility index (Phi) is 4.90. The monoisotopic (exact) mass is 359 g/mol. The molecule has 0 bridgehead atoms. The highest BCUT2D eigenvalue weighted by Gasteiger charge is 2.24. The zero-order valence-electron chi connectivity index (χ0n) is 12.2. The fourth-order valence-electron chi connectivity index (χ4n) is 2.69. The number of rotatable bonds is 3. The highest BCUT2D eigenvalue weighted by molar-refractivity contribution is 9.10.